The van der Waals surface area contributed by atoms with Gasteiger partial charge in [0.25, 0.3) is 0 Å². The van der Waals surface area contributed by atoms with Crippen molar-refractivity contribution >= 4 is 0 Å². The van der Waals surface area contributed by atoms with E-state index in [4.69, 9.17) is 9.47 Å². The minimum Gasteiger partial charge on any atom is -0.497 e. The summed E-state index contributed by atoms with van der Waals surface area (Å²) in [5.74, 6) is 3.88. The van der Waals surface area contributed by atoms with E-state index >= 15 is 0 Å². The highest BCUT2D eigenvalue weighted by molar-refractivity contribution is 5.59. The first-order valence-corrected chi connectivity index (χ1v) is 10.00. The van der Waals surface area contributed by atoms with Crippen LogP contribution in [0, 0.1) is 18.8 Å². The third-order valence-electron chi connectivity index (χ3n) is 7.70. The monoisotopic (exact) mass is 337 g/mol. The molecule has 2 bridgehead atoms. The SMILES string of the molecule is COC1=CC[C@@H]2C3Cc4ccc(C)c5c4[C@]2(CCN3CC2CC2)[C@@H]1O5. The summed E-state index contributed by atoms with van der Waals surface area (Å²) in [6.45, 7) is 4.74. The summed E-state index contributed by atoms with van der Waals surface area (Å²) < 4.78 is 12.4. The molecule has 5 aliphatic rings. The fourth-order valence-electron chi connectivity index (χ4n) is 6.40. The van der Waals surface area contributed by atoms with Crippen molar-refractivity contribution in [3.8, 4) is 5.75 Å². The smallest absolute Gasteiger partial charge is 0.165 e. The van der Waals surface area contributed by atoms with E-state index in [-0.39, 0.29) is 11.5 Å². The summed E-state index contributed by atoms with van der Waals surface area (Å²) >= 11 is 0. The first kappa shape index (κ1) is 14.7. The van der Waals surface area contributed by atoms with Crippen LogP contribution >= 0.6 is 0 Å². The number of likely N-dealkylation sites (tertiary alicyclic amines) is 1. The first-order valence-electron chi connectivity index (χ1n) is 10.00. The number of methoxy groups -OCH3 is 1. The maximum atomic E-state index is 6.63. The van der Waals surface area contributed by atoms with Gasteiger partial charge in [0, 0.05) is 23.6 Å². The summed E-state index contributed by atoms with van der Waals surface area (Å²) in [5, 5.41) is 0. The Hall–Kier alpha value is -1.48. The van der Waals surface area contributed by atoms with Crippen LogP contribution in [0.2, 0.25) is 0 Å². The van der Waals surface area contributed by atoms with Crippen LogP contribution < -0.4 is 4.74 Å². The Labute approximate surface area is 150 Å². The maximum Gasteiger partial charge on any atom is 0.165 e. The molecule has 1 saturated heterocycles. The van der Waals surface area contributed by atoms with Crippen molar-refractivity contribution in [3.05, 3.63) is 40.7 Å². The minimum absolute atomic E-state index is 0.0944. The number of aryl methyl sites for hydroxylation is 1. The van der Waals surface area contributed by atoms with Crippen molar-refractivity contribution in [2.45, 2.75) is 56.6 Å². The second-order valence-electron chi connectivity index (χ2n) is 8.90. The van der Waals surface area contributed by atoms with Crippen LogP contribution in [0.25, 0.3) is 0 Å². The van der Waals surface area contributed by atoms with E-state index < -0.39 is 0 Å². The van der Waals surface area contributed by atoms with Gasteiger partial charge in [-0.3, -0.25) is 4.90 Å². The topological polar surface area (TPSA) is 21.7 Å². The van der Waals surface area contributed by atoms with E-state index in [9.17, 15) is 0 Å². The Morgan fingerprint density at radius 1 is 1.32 bits per heavy atom. The van der Waals surface area contributed by atoms with Crippen molar-refractivity contribution in [2.75, 3.05) is 20.2 Å². The molecule has 1 aromatic rings. The minimum atomic E-state index is 0.0944. The van der Waals surface area contributed by atoms with Gasteiger partial charge in [-0.05, 0) is 74.6 Å². The van der Waals surface area contributed by atoms with Gasteiger partial charge in [0.2, 0.25) is 0 Å². The Bertz CT molecular complexity index is 780. The van der Waals surface area contributed by atoms with Gasteiger partial charge < -0.3 is 9.47 Å². The van der Waals surface area contributed by atoms with E-state index in [1.165, 1.54) is 50.1 Å². The number of piperidine rings is 1. The predicted molar refractivity (Wildman–Crippen MR) is 96.9 cm³/mol. The lowest BCUT2D eigenvalue weighted by molar-refractivity contribution is -0.0375. The lowest BCUT2D eigenvalue weighted by atomic mass is 9.53. The molecule has 6 rings (SSSR count). The second kappa shape index (κ2) is 4.82. The average molecular weight is 337 g/mol. The molecule has 3 nitrogen and oxygen atoms in total. The average Bonchev–Trinajstić information content (AvgIpc) is 3.37. The number of allylic oxidation sites excluding steroid dienone is 1. The molecule has 0 radical (unpaired) electrons. The van der Waals surface area contributed by atoms with Crippen LogP contribution in [-0.2, 0) is 16.6 Å². The van der Waals surface area contributed by atoms with E-state index in [1.807, 2.05) is 7.11 Å². The molecule has 0 aromatic heterocycles. The van der Waals surface area contributed by atoms with Crippen LogP contribution in [-0.4, -0.2) is 37.2 Å². The van der Waals surface area contributed by atoms with Gasteiger partial charge in [-0.15, -0.1) is 0 Å². The zero-order chi connectivity index (χ0) is 16.8. The van der Waals surface area contributed by atoms with Crippen molar-refractivity contribution < 1.29 is 9.47 Å². The molecule has 132 valence electrons. The van der Waals surface area contributed by atoms with E-state index in [0.29, 0.717) is 12.0 Å². The number of hydrogen-bond acceptors (Lipinski definition) is 3. The quantitative estimate of drug-likeness (QED) is 0.841. The van der Waals surface area contributed by atoms with Crippen molar-refractivity contribution in [2.24, 2.45) is 11.8 Å². The Morgan fingerprint density at radius 3 is 3.00 bits per heavy atom. The van der Waals surface area contributed by atoms with Gasteiger partial charge in [0.05, 0.1) is 7.11 Å². The number of benzene rings is 1. The summed E-state index contributed by atoms with van der Waals surface area (Å²) in [4.78, 5) is 2.83. The summed E-state index contributed by atoms with van der Waals surface area (Å²) in [6.07, 6.45) is 8.87. The fourth-order valence-corrected chi connectivity index (χ4v) is 6.40. The molecular weight excluding hydrogens is 310 g/mol. The van der Waals surface area contributed by atoms with Crippen molar-refractivity contribution in [1.29, 1.82) is 0 Å². The highest BCUT2D eigenvalue weighted by Gasteiger charge is 2.64. The lowest BCUT2D eigenvalue weighted by Gasteiger charge is -2.57. The van der Waals surface area contributed by atoms with Gasteiger partial charge in [-0.25, -0.2) is 0 Å². The van der Waals surface area contributed by atoms with Gasteiger partial charge in [-0.1, -0.05) is 12.1 Å². The molecule has 3 heteroatoms. The lowest BCUT2D eigenvalue weighted by Crippen LogP contribution is -2.64. The first-order chi connectivity index (χ1) is 12.2. The van der Waals surface area contributed by atoms with Gasteiger partial charge in [0.15, 0.2) is 6.10 Å². The Balaban J connectivity index is 1.53. The molecular formula is C22H27NO2. The molecule has 4 atom stereocenters. The Morgan fingerprint density at radius 2 is 2.20 bits per heavy atom. The zero-order valence-corrected chi connectivity index (χ0v) is 15.3. The molecule has 2 heterocycles. The molecule has 1 saturated carbocycles. The van der Waals surface area contributed by atoms with Crippen LogP contribution in [0.3, 0.4) is 0 Å². The second-order valence-corrected chi connectivity index (χ2v) is 8.90. The largest absolute Gasteiger partial charge is 0.497 e. The van der Waals surface area contributed by atoms with Crippen molar-refractivity contribution in [3.63, 3.8) is 0 Å². The number of ether oxygens (including phenoxy) is 2. The Kier molecular flexibility index (Phi) is 2.83. The molecule has 25 heavy (non-hydrogen) atoms. The van der Waals surface area contributed by atoms with Gasteiger partial charge in [0.1, 0.15) is 11.5 Å². The molecule has 1 unspecified atom stereocenters. The third-order valence-corrected chi connectivity index (χ3v) is 7.70. The highest BCUT2D eigenvalue weighted by Crippen LogP contribution is 2.62. The molecule has 2 aliphatic heterocycles. The highest BCUT2D eigenvalue weighted by atomic mass is 16.5. The molecule has 3 aliphatic carbocycles. The summed E-state index contributed by atoms with van der Waals surface area (Å²) in [6, 6.07) is 5.33. The predicted octanol–water partition coefficient (Wildman–Crippen LogP) is 3.58. The number of nitrogens with zero attached hydrogens (tertiary/aromatic N) is 1. The normalized spacial score (nSPS) is 38.0. The van der Waals surface area contributed by atoms with E-state index in [0.717, 1.165) is 18.1 Å². The van der Waals surface area contributed by atoms with E-state index in [2.05, 4.69) is 30.0 Å². The van der Waals surface area contributed by atoms with Crippen molar-refractivity contribution in [1.82, 2.24) is 4.90 Å². The number of rotatable bonds is 3. The van der Waals surface area contributed by atoms with Crippen LogP contribution in [0.1, 0.15) is 42.4 Å². The third kappa shape index (κ3) is 1.75. The van der Waals surface area contributed by atoms with Crippen LogP contribution in [0.15, 0.2) is 24.0 Å². The zero-order valence-electron chi connectivity index (χ0n) is 15.3. The van der Waals surface area contributed by atoms with Gasteiger partial charge in [-0.2, -0.15) is 0 Å². The summed E-state index contributed by atoms with van der Waals surface area (Å²) in [7, 11) is 1.81. The van der Waals surface area contributed by atoms with Gasteiger partial charge >= 0.3 is 0 Å². The molecule has 1 spiro atoms. The molecule has 0 amide bonds. The number of hydrogen-bond donors (Lipinski definition) is 0. The van der Waals surface area contributed by atoms with Crippen LogP contribution in [0.5, 0.6) is 5.75 Å². The summed E-state index contributed by atoms with van der Waals surface area (Å²) in [5.41, 5.74) is 4.53. The molecule has 1 aromatic carbocycles. The fraction of sp³-hybridized carbons (Fsp3) is 0.636. The van der Waals surface area contributed by atoms with Crippen LogP contribution in [0.4, 0.5) is 0 Å². The van der Waals surface area contributed by atoms with E-state index in [1.54, 1.807) is 11.1 Å². The standard InChI is InChI=1S/C22H27NO2/c1-13-3-6-15-11-17-16-7-8-18(24-2)21-22(16,19(15)20(13)25-21)9-10-23(17)12-14-4-5-14/h3,6,8,14,16-17,21H,4-5,7,9-12H2,1-2H3/t16-,17?,21-,22-/m1/s1. The molecule has 0 N–H and O–H groups in total. The molecule has 2 fully saturated rings. The maximum absolute atomic E-state index is 6.63.